The van der Waals surface area contributed by atoms with Gasteiger partial charge in [-0.3, -0.25) is 4.79 Å². The average Bonchev–Trinajstić information content (AvgIpc) is 2.89. The predicted octanol–water partition coefficient (Wildman–Crippen LogP) is 1.21. The number of amides is 1. The molecule has 1 heterocycles. The highest BCUT2D eigenvalue weighted by Crippen LogP contribution is 2.10. The summed E-state index contributed by atoms with van der Waals surface area (Å²) in [6, 6.07) is 8.91. The summed E-state index contributed by atoms with van der Waals surface area (Å²) in [5.74, 6) is 5.23. The van der Waals surface area contributed by atoms with E-state index < -0.39 is 0 Å². The van der Waals surface area contributed by atoms with Gasteiger partial charge in [-0.05, 0) is 37.3 Å². The first-order valence-electron chi connectivity index (χ1n) is 5.80. The molecule has 0 unspecified atom stereocenters. The fraction of sp³-hybridized carbons (Fsp3) is 0.143. The molecule has 19 heavy (non-hydrogen) atoms. The molecule has 3 N–H and O–H groups in total. The van der Waals surface area contributed by atoms with Crippen molar-refractivity contribution in [3.63, 3.8) is 0 Å². The molecule has 0 aliphatic heterocycles. The van der Waals surface area contributed by atoms with E-state index in [1.807, 2.05) is 12.1 Å². The maximum atomic E-state index is 11.7. The van der Waals surface area contributed by atoms with Gasteiger partial charge in [-0.1, -0.05) is 5.92 Å². The molecule has 1 aromatic carbocycles. The van der Waals surface area contributed by atoms with Crippen molar-refractivity contribution in [2.24, 2.45) is 0 Å². The zero-order valence-electron chi connectivity index (χ0n) is 10.6. The number of carbonyl (C=O) groups excluding carboxylic acids is 1. The number of aromatic nitrogens is 2. The van der Waals surface area contributed by atoms with Crippen molar-refractivity contribution < 1.29 is 4.79 Å². The lowest BCUT2D eigenvalue weighted by molar-refractivity contribution is 0.0953. The van der Waals surface area contributed by atoms with Crippen LogP contribution in [-0.4, -0.2) is 22.2 Å². The minimum absolute atomic E-state index is 0.239. The number of hydrogen-bond donors (Lipinski definition) is 2. The third-order valence-electron chi connectivity index (χ3n) is 2.49. The summed E-state index contributed by atoms with van der Waals surface area (Å²) < 4.78 is 1.62. The molecule has 2 aromatic rings. The molecule has 96 valence electrons. The van der Waals surface area contributed by atoms with E-state index in [1.54, 1.807) is 36.0 Å². The highest BCUT2D eigenvalue weighted by atomic mass is 16.1. The molecule has 0 saturated heterocycles. The topological polar surface area (TPSA) is 72.9 Å². The van der Waals surface area contributed by atoms with Gasteiger partial charge in [-0.15, -0.1) is 5.92 Å². The van der Waals surface area contributed by atoms with E-state index in [0.717, 1.165) is 5.69 Å². The number of nitrogens with two attached hydrogens (primary N) is 1. The molecule has 5 heteroatoms. The Bertz CT molecular complexity index is 631. The number of nitrogen functional groups attached to an aromatic ring is 1. The second kappa shape index (κ2) is 5.74. The van der Waals surface area contributed by atoms with Crippen molar-refractivity contribution in [3.05, 3.63) is 42.2 Å². The Kier molecular flexibility index (Phi) is 3.84. The van der Waals surface area contributed by atoms with E-state index >= 15 is 0 Å². The second-order valence-corrected chi connectivity index (χ2v) is 3.85. The molecule has 0 radical (unpaired) electrons. The third-order valence-corrected chi connectivity index (χ3v) is 2.49. The van der Waals surface area contributed by atoms with Crippen molar-refractivity contribution in [1.29, 1.82) is 0 Å². The highest BCUT2D eigenvalue weighted by Gasteiger charge is 2.08. The van der Waals surface area contributed by atoms with Crippen molar-refractivity contribution in [3.8, 4) is 17.5 Å². The number of rotatable bonds is 3. The Morgan fingerprint density at radius 2 is 2.11 bits per heavy atom. The lowest BCUT2D eigenvalue weighted by atomic mass is 10.3. The summed E-state index contributed by atoms with van der Waals surface area (Å²) in [5, 5.41) is 6.87. The number of anilines is 1. The van der Waals surface area contributed by atoms with Crippen LogP contribution in [0, 0.1) is 11.8 Å². The Morgan fingerprint density at radius 3 is 2.79 bits per heavy atom. The van der Waals surface area contributed by atoms with Crippen LogP contribution in [-0.2, 0) is 0 Å². The predicted molar refractivity (Wildman–Crippen MR) is 73.8 cm³/mol. The first-order chi connectivity index (χ1) is 9.20. The van der Waals surface area contributed by atoms with Gasteiger partial charge in [0.25, 0.3) is 5.91 Å². The number of nitrogens with zero attached hydrogens (tertiary/aromatic N) is 2. The molecule has 1 aromatic heterocycles. The van der Waals surface area contributed by atoms with Gasteiger partial charge < -0.3 is 11.1 Å². The number of carbonyl (C=O) groups is 1. The van der Waals surface area contributed by atoms with Crippen LogP contribution < -0.4 is 11.1 Å². The molecule has 0 atom stereocenters. The molecule has 0 aliphatic rings. The summed E-state index contributed by atoms with van der Waals surface area (Å²) in [6.07, 6.45) is 1.73. The SMILES string of the molecule is CC#CCNC(=O)c1ccn(-c2ccc(N)cc2)n1. The van der Waals surface area contributed by atoms with Crippen LogP contribution in [0.5, 0.6) is 0 Å². The van der Waals surface area contributed by atoms with Gasteiger partial charge in [-0.2, -0.15) is 5.10 Å². The zero-order valence-corrected chi connectivity index (χ0v) is 10.6. The Balaban J connectivity index is 2.11. The van der Waals surface area contributed by atoms with Gasteiger partial charge in [0.1, 0.15) is 0 Å². The van der Waals surface area contributed by atoms with E-state index in [1.165, 1.54) is 0 Å². The Morgan fingerprint density at radius 1 is 1.37 bits per heavy atom. The fourth-order valence-corrected chi connectivity index (χ4v) is 1.52. The molecule has 0 aliphatic carbocycles. The standard InChI is InChI=1S/C14H14N4O/c1-2-3-9-16-14(19)13-8-10-18(17-13)12-6-4-11(15)5-7-12/h4-8,10H,9,15H2,1H3,(H,16,19). The van der Waals surface area contributed by atoms with Crippen LogP contribution in [0.25, 0.3) is 5.69 Å². The molecular weight excluding hydrogens is 240 g/mol. The van der Waals surface area contributed by atoms with Crippen LogP contribution >= 0.6 is 0 Å². The zero-order chi connectivity index (χ0) is 13.7. The summed E-state index contributed by atoms with van der Waals surface area (Å²) in [4.78, 5) is 11.7. The normalized spacial score (nSPS) is 9.53. The van der Waals surface area contributed by atoms with Gasteiger partial charge in [-0.25, -0.2) is 4.68 Å². The Hall–Kier alpha value is -2.74. The quantitative estimate of drug-likeness (QED) is 0.638. The average molecular weight is 254 g/mol. The lowest BCUT2D eigenvalue weighted by Crippen LogP contribution is -2.24. The largest absolute Gasteiger partial charge is 0.399 e. The van der Waals surface area contributed by atoms with E-state index in [2.05, 4.69) is 22.3 Å². The van der Waals surface area contributed by atoms with Gasteiger partial charge in [0.2, 0.25) is 0 Å². The monoisotopic (exact) mass is 254 g/mol. The second-order valence-electron chi connectivity index (χ2n) is 3.85. The van der Waals surface area contributed by atoms with Crippen molar-refractivity contribution in [2.45, 2.75) is 6.92 Å². The van der Waals surface area contributed by atoms with Gasteiger partial charge in [0.05, 0.1) is 12.2 Å². The van der Waals surface area contributed by atoms with Gasteiger partial charge in [0, 0.05) is 11.9 Å². The van der Waals surface area contributed by atoms with Gasteiger partial charge >= 0.3 is 0 Å². The third kappa shape index (κ3) is 3.13. The van der Waals surface area contributed by atoms with Crippen LogP contribution in [0.15, 0.2) is 36.5 Å². The number of nitrogens with one attached hydrogen (secondary N) is 1. The summed E-state index contributed by atoms with van der Waals surface area (Å²) in [7, 11) is 0. The van der Waals surface area contributed by atoms with Crippen LogP contribution in [0.2, 0.25) is 0 Å². The van der Waals surface area contributed by atoms with Crippen molar-refractivity contribution in [1.82, 2.24) is 15.1 Å². The first-order valence-corrected chi connectivity index (χ1v) is 5.80. The van der Waals surface area contributed by atoms with Crippen molar-refractivity contribution in [2.75, 3.05) is 12.3 Å². The number of hydrogen-bond acceptors (Lipinski definition) is 3. The Labute approximate surface area is 111 Å². The molecular formula is C14H14N4O. The summed E-state index contributed by atoms with van der Waals surface area (Å²) >= 11 is 0. The fourth-order valence-electron chi connectivity index (χ4n) is 1.52. The van der Waals surface area contributed by atoms with Gasteiger partial charge in [0.15, 0.2) is 5.69 Å². The van der Waals surface area contributed by atoms with Crippen LogP contribution in [0.1, 0.15) is 17.4 Å². The lowest BCUT2D eigenvalue weighted by Gasteiger charge is -2.01. The molecule has 0 fully saturated rings. The summed E-state index contributed by atoms with van der Waals surface area (Å²) in [6.45, 7) is 2.05. The van der Waals surface area contributed by atoms with Crippen LogP contribution in [0.3, 0.4) is 0 Å². The minimum atomic E-state index is -0.239. The molecule has 0 spiro atoms. The van der Waals surface area contributed by atoms with Crippen LogP contribution in [0.4, 0.5) is 5.69 Å². The minimum Gasteiger partial charge on any atom is -0.399 e. The summed E-state index contributed by atoms with van der Waals surface area (Å²) in [5.41, 5.74) is 7.51. The number of benzene rings is 1. The van der Waals surface area contributed by atoms with E-state index in [9.17, 15) is 4.79 Å². The molecule has 1 amide bonds. The smallest absolute Gasteiger partial charge is 0.272 e. The van der Waals surface area contributed by atoms with Crippen molar-refractivity contribution >= 4 is 11.6 Å². The van der Waals surface area contributed by atoms with E-state index in [-0.39, 0.29) is 5.91 Å². The molecule has 0 saturated carbocycles. The maximum Gasteiger partial charge on any atom is 0.272 e. The van der Waals surface area contributed by atoms with E-state index in [0.29, 0.717) is 17.9 Å². The molecule has 2 rings (SSSR count). The molecule has 0 bridgehead atoms. The molecule has 5 nitrogen and oxygen atoms in total. The van der Waals surface area contributed by atoms with E-state index in [4.69, 9.17) is 5.73 Å². The highest BCUT2D eigenvalue weighted by molar-refractivity contribution is 5.92. The first kappa shape index (κ1) is 12.7. The maximum absolute atomic E-state index is 11.7.